The molecule has 0 aliphatic carbocycles. The monoisotopic (exact) mass is 371 g/mol. The van der Waals surface area contributed by atoms with E-state index < -0.39 is 40.1 Å². The zero-order valence-electron chi connectivity index (χ0n) is 13.2. The normalized spacial score (nSPS) is 18.2. The molecule has 2 atom stereocenters. The van der Waals surface area contributed by atoms with Crippen molar-refractivity contribution in [3.63, 3.8) is 0 Å². The van der Waals surface area contributed by atoms with Gasteiger partial charge >= 0.3 is 10.3 Å². The number of nitrogens with one attached hydrogen (secondary N) is 2. The van der Waals surface area contributed by atoms with Gasteiger partial charge in [-0.2, -0.15) is 8.42 Å². The van der Waals surface area contributed by atoms with Gasteiger partial charge in [-0.25, -0.2) is 4.31 Å². The molecule has 0 saturated carbocycles. The molecule has 1 saturated heterocycles. The van der Waals surface area contributed by atoms with Crippen molar-refractivity contribution in [2.45, 2.75) is 25.4 Å². The first-order chi connectivity index (χ1) is 11.6. The molecule has 0 spiro atoms. The van der Waals surface area contributed by atoms with Gasteiger partial charge < -0.3 is 15.7 Å². The molecule has 0 unspecified atom stereocenters. The van der Waals surface area contributed by atoms with Crippen molar-refractivity contribution < 1.29 is 32.5 Å². The van der Waals surface area contributed by atoms with E-state index in [4.69, 9.17) is 4.55 Å². The lowest BCUT2D eigenvalue weighted by Crippen LogP contribution is -2.66. The van der Waals surface area contributed by atoms with Crippen LogP contribution in [0.3, 0.4) is 0 Å². The van der Waals surface area contributed by atoms with Crippen LogP contribution in [0.5, 0.6) is 5.75 Å². The predicted octanol–water partition coefficient (Wildman–Crippen LogP) is -1.43. The summed E-state index contributed by atoms with van der Waals surface area (Å²) in [6.07, 6.45) is 0.106. The summed E-state index contributed by atoms with van der Waals surface area (Å²) in [6, 6.07) is 3.92. The molecular weight excluding hydrogens is 354 g/mol. The van der Waals surface area contributed by atoms with Crippen LogP contribution >= 0.6 is 0 Å². The van der Waals surface area contributed by atoms with Crippen LogP contribution < -0.4 is 10.6 Å². The minimum atomic E-state index is -4.64. The third kappa shape index (κ3) is 4.67. The number of carbonyl (C=O) groups excluding carboxylic acids is 3. The fourth-order valence-electron chi connectivity index (χ4n) is 2.31. The van der Waals surface area contributed by atoms with Crippen molar-refractivity contribution >= 4 is 28.0 Å². The minimum absolute atomic E-state index is 0.0506. The molecule has 1 aromatic rings. The summed E-state index contributed by atoms with van der Waals surface area (Å²) in [6.45, 7) is 0.848. The van der Waals surface area contributed by atoms with Crippen molar-refractivity contribution in [2.75, 3.05) is 6.54 Å². The van der Waals surface area contributed by atoms with Crippen molar-refractivity contribution in [3.8, 4) is 5.75 Å². The first kappa shape index (κ1) is 18.7. The number of carbonyl (C=O) groups is 3. The molecule has 2 rings (SSSR count). The van der Waals surface area contributed by atoms with E-state index in [1.807, 2.05) is 0 Å². The molecule has 136 valence electrons. The zero-order chi connectivity index (χ0) is 18.8. The average Bonchev–Trinajstić information content (AvgIpc) is 2.50. The van der Waals surface area contributed by atoms with E-state index in [2.05, 4.69) is 10.6 Å². The average molecular weight is 371 g/mol. The Kier molecular flexibility index (Phi) is 5.28. The van der Waals surface area contributed by atoms with Crippen molar-refractivity contribution in [3.05, 3.63) is 29.8 Å². The lowest BCUT2D eigenvalue weighted by Gasteiger charge is -2.36. The lowest BCUT2D eigenvalue weighted by molar-refractivity contribution is -0.141. The van der Waals surface area contributed by atoms with Crippen molar-refractivity contribution in [2.24, 2.45) is 0 Å². The van der Waals surface area contributed by atoms with Crippen LogP contribution in [-0.2, 0) is 31.1 Å². The first-order valence-electron chi connectivity index (χ1n) is 7.22. The molecule has 1 aliphatic rings. The van der Waals surface area contributed by atoms with Gasteiger partial charge in [-0.1, -0.05) is 12.1 Å². The predicted molar refractivity (Wildman–Crippen MR) is 84.6 cm³/mol. The highest BCUT2D eigenvalue weighted by molar-refractivity contribution is 7.84. The van der Waals surface area contributed by atoms with Crippen LogP contribution in [0, 0.1) is 0 Å². The summed E-state index contributed by atoms with van der Waals surface area (Å²) in [5.74, 6) is -2.04. The second kappa shape index (κ2) is 7.07. The smallest absolute Gasteiger partial charge is 0.362 e. The van der Waals surface area contributed by atoms with Gasteiger partial charge in [-0.05, 0) is 17.7 Å². The highest BCUT2D eigenvalue weighted by Gasteiger charge is 2.45. The fraction of sp³-hybridized carbons (Fsp3) is 0.357. The maximum Gasteiger partial charge on any atom is 0.362 e. The Balaban J connectivity index is 2.03. The molecule has 0 radical (unpaired) electrons. The highest BCUT2D eigenvalue weighted by Crippen LogP contribution is 2.15. The Labute approximate surface area is 143 Å². The molecule has 1 heterocycles. The molecular formula is C14H17N3O7S. The fourth-order valence-corrected chi connectivity index (χ4v) is 3.00. The summed E-state index contributed by atoms with van der Waals surface area (Å²) < 4.78 is 30.8. The van der Waals surface area contributed by atoms with Crippen molar-refractivity contribution in [1.29, 1.82) is 0 Å². The zero-order valence-corrected chi connectivity index (χ0v) is 14.0. The second-order valence-corrected chi connectivity index (χ2v) is 6.87. The minimum Gasteiger partial charge on any atom is -0.508 e. The summed E-state index contributed by atoms with van der Waals surface area (Å²) >= 11 is 0. The summed E-state index contributed by atoms with van der Waals surface area (Å²) in [4.78, 5) is 35.2. The highest BCUT2D eigenvalue weighted by atomic mass is 32.2. The Hall–Kier alpha value is -2.66. The molecule has 0 aromatic heterocycles. The number of phenols is 1. The summed E-state index contributed by atoms with van der Waals surface area (Å²) in [5, 5.41) is 14.0. The van der Waals surface area contributed by atoms with Gasteiger partial charge in [0.15, 0.2) is 0 Å². The molecule has 1 aromatic carbocycles. The van der Waals surface area contributed by atoms with Gasteiger partial charge in [0.25, 0.3) is 5.91 Å². The van der Waals surface area contributed by atoms with Crippen LogP contribution in [0.15, 0.2) is 24.3 Å². The van der Waals surface area contributed by atoms with Gasteiger partial charge in [0.05, 0.1) is 6.54 Å². The molecule has 11 heteroatoms. The van der Waals surface area contributed by atoms with E-state index >= 15 is 0 Å². The Bertz CT molecular complexity index is 791. The number of rotatable bonds is 6. The molecule has 25 heavy (non-hydrogen) atoms. The third-order valence-corrected chi connectivity index (χ3v) is 4.44. The first-order valence-corrected chi connectivity index (χ1v) is 8.62. The molecule has 1 aliphatic heterocycles. The third-order valence-electron chi connectivity index (χ3n) is 3.56. The second-order valence-electron chi connectivity index (χ2n) is 5.53. The van der Waals surface area contributed by atoms with Crippen LogP contribution in [0.1, 0.15) is 12.5 Å². The standard InChI is InChI=1S/C14H17N3O7S/c1-8(18)15-11(6-9-2-4-10(19)5-3-9)13(20)16-12-7-17(14(12)21)25(22,23)24/h2-5,11-12,19H,6-7H2,1H3,(H,15,18)(H,16,20)(H,22,23,24)/t11-,12-/m0/s1. The number of benzene rings is 1. The number of aromatic hydroxyl groups is 1. The van der Waals surface area contributed by atoms with Crippen LogP contribution in [0.25, 0.3) is 0 Å². The van der Waals surface area contributed by atoms with Crippen LogP contribution in [0.2, 0.25) is 0 Å². The maximum atomic E-state index is 12.3. The lowest BCUT2D eigenvalue weighted by atomic mass is 10.0. The molecule has 1 fully saturated rings. The SMILES string of the molecule is CC(=O)N[C@@H](Cc1ccc(O)cc1)C(=O)N[C@H]1CN(S(=O)(=O)O)C1=O. The van der Waals surface area contributed by atoms with Gasteiger partial charge in [0.2, 0.25) is 11.8 Å². The molecule has 0 bridgehead atoms. The van der Waals surface area contributed by atoms with E-state index in [1.165, 1.54) is 19.1 Å². The van der Waals surface area contributed by atoms with Crippen LogP contribution in [-0.4, -0.2) is 58.7 Å². The molecule has 3 amide bonds. The maximum absolute atomic E-state index is 12.3. The number of amides is 3. The quantitative estimate of drug-likeness (QED) is 0.353. The van der Waals surface area contributed by atoms with E-state index in [1.54, 1.807) is 12.1 Å². The van der Waals surface area contributed by atoms with E-state index in [0.29, 0.717) is 5.56 Å². The number of β-lactam (4-membered cyclic amide) rings is 1. The summed E-state index contributed by atoms with van der Waals surface area (Å²) in [7, 11) is -4.64. The van der Waals surface area contributed by atoms with E-state index in [0.717, 1.165) is 0 Å². The summed E-state index contributed by atoms with van der Waals surface area (Å²) in [5.41, 5.74) is 0.659. The Morgan fingerprint density at radius 2 is 1.92 bits per heavy atom. The Morgan fingerprint density at radius 3 is 2.40 bits per heavy atom. The van der Waals surface area contributed by atoms with Gasteiger partial charge in [0.1, 0.15) is 17.8 Å². The van der Waals surface area contributed by atoms with E-state index in [9.17, 15) is 27.9 Å². The largest absolute Gasteiger partial charge is 0.508 e. The van der Waals surface area contributed by atoms with Gasteiger partial charge in [-0.15, -0.1) is 0 Å². The molecule has 10 nitrogen and oxygen atoms in total. The van der Waals surface area contributed by atoms with Crippen molar-refractivity contribution in [1.82, 2.24) is 14.9 Å². The number of phenolic OH excluding ortho intramolecular Hbond substituents is 1. The van der Waals surface area contributed by atoms with E-state index in [-0.39, 0.29) is 23.0 Å². The van der Waals surface area contributed by atoms with Crippen LogP contribution in [0.4, 0.5) is 0 Å². The number of hydrogen-bond donors (Lipinski definition) is 4. The van der Waals surface area contributed by atoms with Gasteiger partial charge in [0, 0.05) is 13.3 Å². The topological polar surface area (TPSA) is 153 Å². The number of hydrogen-bond acceptors (Lipinski definition) is 6. The van der Waals surface area contributed by atoms with Gasteiger partial charge in [-0.3, -0.25) is 18.9 Å². The molecule has 4 N–H and O–H groups in total. The Morgan fingerprint density at radius 1 is 1.32 bits per heavy atom. The number of nitrogens with zero attached hydrogens (tertiary/aromatic N) is 1.